The third-order valence-electron chi connectivity index (χ3n) is 6.00. The van der Waals surface area contributed by atoms with E-state index in [1.165, 1.54) is 11.3 Å². The van der Waals surface area contributed by atoms with Gasteiger partial charge in [-0.2, -0.15) is 5.10 Å². The number of nitrogens with one attached hydrogen (secondary N) is 1. The number of methoxy groups -OCH3 is 1. The zero-order valence-electron chi connectivity index (χ0n) is 17.5. The van der Waals surface area contributed by atoms with E-state index in [1.54, 1.807) is 7.11 Å². The lowest BCUT2D eigenvalue weighted by atomic mass is 9.94. The minimum atomic E-state index is -0.636. The van der Waals surface area contributed by atoms with E-state index in [0.29, 0.717) is 0 Å². The highest BCUT2D eigenvalue weighted by molar-refractivity contribution is 5.87. The summed E-state index contributed by atoms with van der Waals surface area (Å²) in [5, 5.41) is 17.7. The molecule has 1 atom stereocenters. The van der Waals surface area contributed by atoms with Crippen LogP contribution in [0, 0.1) is 0 Å². The van der Waals surface area contributed by atoms with Crippen LogP contribution in [0.5, 0.6) is 5.75 Å². The Hall–Kier alpha value is -3.25. The molecule has 3 heterocycles. The minimum Gasteiger partial charge on any atom is -0.496 e. The highest BCUT2D eigenvalue weighted by atomic mass is 16.5. The van der Waals surface area contributed by atoms with Gasteiger partial charge in [0.1, 0.15) is 12.0 Å². The van der Waals surface area contributed by atoms with Crippen molar-refractivity contribution in [3.8, 4) is 16.9 Å². The van der Waals surface area contributed by atoms with Gasteiger partial charge in [0.15, 0.2) is 0 Å². The summed E-state index contributed by atoms with van der Waals surface area (Å²) in [5.41, 5.74) is 8.74. The number of ether oxygens (including phenoxy) is 1. The standard InChI is InChI=1S/C24H26N4O2/c1-15-10-19-20(26-24(15)29)7-4-8-21(19)28-9-5-6-16-11-18(17-13-25-27(2)14-17)23(30-3)12-22(16)28/h4,7-8,10-14,24,26,29H,5-6,9H2,1-3H3. The molecule has 2 aliphatic heterocycles. The molecule has 2 N–H and O–H groups in total. The topological polar surface area (TPSA) is 62.5 Å². The van der Waals surface area contributed by atoms with Crippen molar-refractivity contribution >= 4 is 23.1 Å². The highest BCUT2D eigenvalue weighted by Crippen LogP contribution is 2.44. The molecule has 1 aromatic heterocycles. The monoisotopic (exact) mass is 402 g/mol. The van der Waals surface area contributed by atoms with Crippen molar-refractivity contribution in [2.75, 3.05) is 23.9 Å². The number of fused-ring (bicyclic) bond motifs is 2. The zero-order valence-corrected chi connectivity index (χ0v) is 17.5. The molecule has 0 fully saturated rings. The third-order valence-corrected chi connectivity index (χ3v) is 6.00. The largest absolute Gasteiger partial charge is 0.496 e. The summed E-state index contributed by atoms with van der Waals surface area (Å²) >= 11 is 0. The first-order valence-corrected chi connectivity index (χ1v) is 10.3. The Labute approximate surface area is 176 Å². The van der Waals surface area contributed by atoms with Crippen LogP contribution in [0.4, 0.5) is 17.1 Å². The molecular formula is C24H26N4O2. The quantitative estimate of drug-likeness (QED) is 0.683. The van der Waals surface area contributed by atoms with Crippen LogP contribution in [0.1, 0.15) is 24.5 Å². The fourth-order valence-corrected chi connectivity index (χ4v) is 4.45. The lowest BCUT2D eigenvalue weighted by Gasteiger charge is -2.35. The van der Waals surface area contributed by atoms with Crippen LogP contribution in [0.25, 0.3) is 17.2 Å². The van der Waals surface area contributed by atoms with E-state index < -0.39 is 6.23 Å². The summed E-state index contributed by atoms with van der Waals surface area (Å²) in [6, 6.07) is 10.6. The fourth-order valence-electron chi connectivity index (χ4n) is 4.45. The number of aromatic nitrogens is 2. The van der Waals surface area contributed by atoms with Gasteiger partial charge in [-0.3, -0.25) is 4.68 Å². The molecular weight excluding hydrogens is 376 g/mol. The summed E-state index contributed by atoms with van der Waals surface area (Å²) < 4.78 is 7.59. The zero-order chi connectivity index (χ0) is 20.8. The lowest BCUT2D eigenvalue weighted by molar-refractivity contribution is 0.240. The van der Waals surface area contributed by atoms with Crippen molar-refractivity contribution in [3.63, 3.8) is 0 Å². The third kappa shape index (κ3) is 3.04. The van der Waals surface area contributed by atoms with E-state index in [2.05, 4.69) is 39.6 Å². The molecule has 0 spiro atoms. The Kier molecular flexibility index (Phi) is 4.51. The van der Waals surface area contributed by atoms with Gasteiger partial charge in [0, 0.05) is 53.9 Å². The van der Waals surface area contributed by atoms with E-state index in [9.17, 15) is 5.11 Å². The molecule has 2 aromatic carbocycles. The molecule has 0 saturated heterocycles. The van der Waals surface area contributed by atoms with Crippen molar-refractivity contribution < 1.29 is 9.84 Å². The van der Waals surface area contributed by atoms with E-state index >= 15 is 0 Å². The van der Waals surface area contributed by atoms with Gasteiger partial charge in [-0.1, -0.05) is 6.07 Å². The summed E-state index contributed by atoms with van der Waals surface area (Å²) in [6.07, 6.45) is 7.45. The van der Waals surface area contributed by atoms with Crippen LogP contribution < -0.4 is 15.0 Å². The maximum Gasteiger partial charge on any atom is 0.146 e. The molecule has 0 bridgehead atoms. The van der Waals surface area contributed by atoms with Gasteiger partial charge in [0.2, 0.25) is 0 Å². The fraction of sp³-hybridized carbons (Fsp3) is 0.292. The average molecular weight is 402 g/mol. The van der Waals surface area contributed by atoms with Crippen molar-refractivity contribution in [1.82, 2.24) is 9.78 Å². The normalized spacial score (nSPS) is 17.7. The van der Waals surface area contributed by atoms with Crippen LogP contribution >= 0.6 is 0 Å². The maximum atomic E-state index is 10.2. The van der Waals surface area contributed by atoms with Crippen LogP contribution in [0.15, 0.2) is 48.3 Å². The molecule has 1 unspecified atom stereocenters. The van der Waals surface area contributed by atoms with Crippen LogP contribution in [0.3, 0.4) is 0 Å². The Morgan fingerprint density at radius 2 is 2.10 bits per heavy atom. The predicted molar refractivity (Wildman–Crippen MR) is 120 cm³/mol. The SMILES string of the molecule is COc1cc2c(cc1-c1cnn(C)c1)CCCN2c1cccc2c1C=C(C)C(O)N2. The Morgan fingerprint density at radius 3 is 2.87 bits per heavy atom. The van der Waals surface area contributed by atoms with E-state index in [1.807, 2.05) is 43.2 Å². The number of aryl methyl sites for hydroxylation is 2. The number of hydrogen-bond donors (Lipinski definition) is 2. The lowest BCUT2D eigenvalue weighted by Crippen LogP contribution is -2.28. The number of rotatable bonds is 3. The van der Waals surface area contributed by atoms with Crippen LogP contribution in [-0.4, -0.2) is 34.8 Å². The predicted octanol–water partition coefficient (Wildman–Crippen LogP) is 4.33. The number of hydrogen-bond acceptors (Lipinski definition) is 5. The minimum absolute atomic E-state index is 0.636. The van der Waals surface area contributed by atoms with Crippen molar-refractivity contribution in [3.05, 3.63) is 59.4 Å². The number of aliphatic hydroxyl groups is 1. The number of benzene rings is 2. The highest BCUT2D eigenvalue weighted by Gasteiger charge is 2.26. The molecule has 0 aliphatic carbocycles. The Morgan fingerprint density at radius 1 is 1.23 bits per heavy atom. The van der Waals surface area contributed by atoms with E-state index in [0.717, 1.165) is 58.8 Å². The van der Waals surface area contributed by atoms with Crippen LogP contribution in [0.2, 0.25) is 0 Å². The molecule has 0 radical (unpaired) electrons. The summed E-state index contributed by atoms with van der Waals surface area (Å²) in [6.45, 7) is 2.89. The summed E-state index contributed by atoms with van der Waals surface area (Å²) in [7, 11) is 3.64. The molecule has 154 valence electrons. The van der Waals surface area contributed by atoms with Gasteiger partial charge >= 0.3 is 0 Å². The van der Waals surface area contributed by atoms with Crippen molar-refractivity contribution in [2.45, 2.75) is 26.0 Å². The van der Waals surface area contributed by atoms with Gasteiger partial charge in [-0.15, -0.1) is 0 Å². The Balaban J connectivity index is 1.64. The number of nitrogens with zero attached hydrogens (tertiary/aromatic N) is 3. The first kappa shape index (κ1) is 18.8. The first-order chi connectivity index (χ1) is 14.5. The van der Waals surface area contributed by atoms with E-state index in [4.69, 9.17) is 4.74 Å². The molecule has 6 heteroatoms. The maximum absolute atomic E-state index is 10.2. The second kappa shape index (κ2) is 7.22. The average Bonchev–Trinajstić information content (AvgIpc) is 3.19. The van der Waals surface area contributed by atoms with Gasteiger partial charge in [0.05, 0.1) is 19.0 Å². The van der Waals surface area contributed by atoms with Crippen molar-refractivity contribution in [2.24, 2.45) is 7.05 Å². The second-order valence-electron chi connectivity index (χ2n) is 8.01. The number of aliphatic hydroxyl groups excluding tert-OH is 1. The molecule has 5 rings (SSSR count). The molecule has 2 aliphatic rings. The van der Waals surface area contributed by atoms with E-state index in [-0.39, 0.29) is 0 Å². The first-order valence-electron chi connectivity index (χ1n) is 10.3. The number of anilines is 3. The molecule has 0 saturated carbocycles. The van der Waals surface area contributed by atoms with Crippen molar-refractivity contribution in [1.29, 1.82) is 0 Å². The summed E-state index contributed by atoms with van der Waals surface area (Å²) in [5.74, 6) is 0.846. The molecule has 3 aromatic rings. The molecule has 30 heavy (non-hydrogen) atoms. The molecule has 6 nitrogen and oxygen atoms in total. The van der Waals surface area contributed by atoms with Gasteiger partial charge in [-0.05, 0) is 55.2 Å². The molecule has 0 amide bonds. The van der Waals surface area contributed by atoms with Gasteiger partial charge in [0.25, 0.3) is 0 Å². The summed E-state index contributed by atoms with van der Waals surface area (Å²) in [4.78, 5) is 2.37. The Bertz CT molecular complexity index is 1150. The smallest absolute Gasteiger partial charge is 0.146 e. The van der Waals surface area contributed by atoms with Gasteiger partial charge < -0.3 is 20.1 Å². The van der Waals surface area contributed by atoms with Crippen LogP contribution in [-0.2, 0) is 13.5 Å². The van der Waals surface area contributed by atoms with Gasteiger partial charge in [-0.25, -0.2) is 0 Å². The second-order valence-corrected chi connectivity index (χ2v) is 8.01.